The fourth-order valence-corrected chi connectivity index (χ4v) is 1.73. The SMILES string of the molecule is C=CCNC(=O)C(C)SCC(N)C(=O)OC. The highest BCUT2D eigenvalue weighted by atomic mass is 32.2. The lowest BCUT2D eigenvalue weighted by Crippen LogP contribution is -2.36. The van der Waals surface area contributed by atoms with Crippen LogP contribution in [0.25, 0.3) is 0 Å². The van der Waals surface area contributed by atoms with Crippen LogP contribution in [-0.4, -0.2) is 42.6 Å². The first-order valence-electron chi connectivity index (χ1n) is 4.86. The number of hydrogen-bond acceptors (Lipinski definition) is 5. The molecule has 0 aromatic heterocycles. The Bertz CT molecular complexity index is 258. The first kappa shape index (κ1) is 15.0. The number of rotatable bonds is 7. The molecule has 0 aliphatic carbocycles. The summed E-state index contributed by atoms with van der Waals surface area (Å²) < 4.78 is 4.48. The molecular formula is C10H18N2O3S. The highest BCUT2D eigenvalue weighted by Gasteiger charge is 2.18. The van der Waals surface area contributed by atoms with E-state index in [4.69, 9.17) is 5.73 Å². The van der Waals surface area contributed by atoms with Crippen molar-refractivity contribution in [2.45, 2.75) is 18.2 Å². The Balaban J connectivity index is 3.87. The highest BCUT2D eigenvalue weighted by molar-refractivity contribution is 8.00. The van der Waals surface area contributed by atoms with Gasteiger partial charge in [0.1, 0.15) is 6.04 Å². The molecule has 0 aliphatic heterocycles. The summed E-state index contributed by atoms with van der Waals surface area (Å²) >= 11 is 1.31. The third-order valence-corrected chi connectivity index (χ3v) is 3.09. The van der Waals surface area contributed by atoms with Gasteiger partial charge in [0.25, 0.3) is 0 Å². The molecule has 16 heavy (non-hydrogen) atoms. The standard InChI is InChI=1S/C10H18N2O3S/c1-4-5-12-9(13)7(2)16-6-8(11)10(14)15-3/h4,7-8H,1,5-6,11H2,2-3H3,(H,12,13). The van der Waals surface area contributed by atoms with Crippen LogP contribution in [0.2, 0.25) is 0 Å². The van der Waals surface area contributed by atoms with Crippen molar-refractivity contribution in [3.8, 4) is 0 Å². The molecular weight excluding hydrogens is 228 g/mol. The van der Waals surface area contributed by atoms with Crippen LogP contribution in [-0.2, 0) is 14.3 Å². The summed E-state index contributed by atoms with van der Waals surface area (Å²) in [5.74, 6) is -0.205. The predicted octanol–water partition coefficient (Wildman–Crippen LogP) is -0.0894. The van der Waals surface area contributed by atoms with Gasteiger partial charge in [-0.15, -0.1) is 18.3 Å². The number of nitrogens with one attached hydrogen (secondary N) is 1. The molecule has 0 rings (SSSR count). The van der Waals surface area contributed by atoms with E-state index in [9.17, 15) is 9.59 Å². The number of hydrogen-bond donors (Lipinski definition) is 2. The van der Waals surface area contributed by atoms with Gasteiger partial charge in [-0.2, -0.15) is 0 Å². The van der Waals surface area contributed by atoms with Crippen molar-refractivity contribution < 1.29 is 14.3 Å². The van der Waals surface area contributed by atoms with E-state index in [1.807, 2.05) is 0 Å². The van der Waals surface area contributed by atoms with E-state index < -0.39 is 12.0 Å². The van der Waals surface area contributed by atoms with Gasteiger partial charge < -0.3 is 15.8 Å². The fourth-order valence-electron chi connectivity index (χ4n) is 0.860. The molecule has 6 heteroatoms. The van der Waals surface area contributed by atoms with Crippen LogP contribution in [0.3, 0.4) is 0 Å². The number of amides is 1. The summed E-state index contributed by atoms with van der Waals surface area (Å²) in [6.07, 6.45) is 1.61. The highest BCUT2D eigenvalue weighted by Crippen LogP contribution is 2.11. The summed E-state index contributed by atoms with van der Waals surface area (Å²) in [6, 6.07) is -0.690. The molecule has 92 valence electrons. The Morgan fingerprint density at radius 2 is 2.25 bits per heavy atom. The summed E-state index contributed by atoms with van der Waals surface area (Å²) in [5, 5.41) is 2.41. The van der Waals surface area contributed by atoms with Crippen LogP contribution < -0.4 is 11.1 Å². The average molecular weight is 246 g/mol. The van der Waals surface area contributed by atoms with Gasteiger partial charge in [0.2, 0.25) is 5.91 Å². The van der Waals surface area contributed by atoms with Gasteiger partial charge in [0.05, 0.1) is 12.4 Å². The molecule has 3 N–H and O–H groups in total. The van der Waals surface area contributed by atoms with Gasteiger partial charge in [0.15, 0.2) is 0 Å². The van der Waals surface area contributed by atoms with E-state index in [0.717, 1.165) is 0 Å². The van der Waals surface area contributed by atoms with Gasteiger partial charge in [-0.1, -0.05) is 6.08 Å². The minimum absolute atomic E-state index is 0.0954. The second-order valence-corrected chi connectivity index (χ2v) is 4.51. The van der Waals surface area contributed by atoms with Crippen LogP contribution in [0.1, 0.15) is 6.92 Å². The maximum atomic E-state index is 11.4. The monoisotopic (exact) mass is 246 g/mol. The lowest BCUT2D eigenvalue weighted by Gasteiger charge is -2.13. The van der Waals surface area contributed by atoms with Crippen molar-refractivity contribution in [2.75, 3.05) is 19.4 Å². The fraction of sp³-hybridized carbons (Fsp3) is 0.600. The Labute approximate surface area is 99.8 Å². The molecule has 0 aliphatic rings. The summed E-state index contributed by atoms with van der Waals surface area (Å²) in [5.41, 5.74) is 5.53. The Morgan fingerprint density at radius 3 is 2.75 bits per heavy atom. The number of esters is 1. The van der Waals surface area contributed by atoms with Crippen molar-refractivity contribution in [3.63, 3.8) is 0 Å². The van der Waals surface area contributed by atoms with Crippen molar-refractivity contribution in [1.82, 2.24) is 5.32 Å². The lowest BCUT2D eigenvalue weighted by atomic mass is 10.4. The molecule has 0 saturated heterocycles. The van der Waals surface area contributed by atoms with Gasteiger partial charge in [-0.25, -0.2) is 0 Å². The number of thioether (sulfide) groups is 1. The molecule has 5 nitrogen and oxygen atoms in total. The van der Waals surface area contributed by atoms with E-state index >= 15 is 0 Å². The second kappa shape index (κ2) is 8.18. The lowest BCUT2D eigenvalue weighted by molar-refractivity contribution is -0.141. The number of ether oxygens (including phenoxy) is 1. The Morgan fingerprint density at radius 1 is 1.62 bits per heavy atom. The van der Waals surface area contributed by atoms with E-state index in [-0.39, 0.29) is 11.2 Å². The minimum Gasteiger partial charge on any atom is -0.468 e. The minimum atomic E-state index is -0.690. The quantitative estimate of drug-likeness (QED) is 0.485. The van der Waals surface area contributed by atoms with E-state index in [0.29, 0.717) is 12.3 Å². The van der Waals surface area contributed by atoms with Crippen molar-refractivity contribution in [2.24, 2.45) is 5.73 Å². The number of methoxy groups -OCH3 is 1. The van der Waals surface area contributed by atoms with Crippen LogP contribution in [0, 0.1) is 0 Å². The smallest absolute Gasteiger partial charge is 0.323 e. The van der Waals surface area contributed by atoms with Gasteiger partial charge >= 0.3 is 5.97 Å². The molecule has 0 aromatic rings. The third-order valence-electron chi connectivity index (χ3n) is 1.82. The van der Waals surface area contributed by atoms with Crippen LogP contribution in [0.15, 0.2) is 12.7 Å². The average Bonchev–Trinajstić information content (AvgIpc) is 2.31. The third kappa shape index (κ3) is 5.77. The number of carbonyl (C=O) groups excluding carboxylic acids is 2. The molecule has 2 unspecified atom stereocenters. The van der Waals surface area contributed by atoms with Crippen molar-refractivity contribution in [3.05, 3.63) is 12.7 Å². The molecule has 0 heterocycles. The molecule has 0 radical (unpaired) electrons. The van der Waals surface area contributed by atoms with E-state index in [1.165, 1.54) is 18.9 Å². The molecule has 0 bridgehead atoms. The van der Waals surface area contributed by atoms with E-state index in [1.54, 1.807) is 13.0 Å². The topological polar surface area (TPSA) is 81.4 Å². The summed E-state index contributed by atoms with van der Waals surface area (Å²) in [7, 11) is 1.28. The molecule has 0 aromatic carbocycles. The Hall–Kier alpha value is -1.01. The summed E-state index contributed by atoms with van der Waals surface area (Å²) in [6.45, 7) is 5.69. The largest absolute Gasteiger partial charge is 0.468 e. The molecule has 0 spiro atoms. The molecule has 0 fully saturated rings. The maximum Gasteiger partial charge on any atom is 0.323 e. The zero-order valence-corrected chi connectivity index (χ0v) is 10.4. The summed E-state index contributed by atoms with van der Waals surface area (Å²) in [4.78, 5) is 22.4. The van der Waals surface area contributed by atoms with Gasteiger partial charge in [-0.05, 0) is 6.92 Å². The molecule has 0 saturated carbocycles. The first-order valence-corrected chi connectivity index (χ1v) is 5.91. The first-order chi connectivity index (χ1) is 7.52. The number of nitrogens with two attached hydrogens (primary N) is 1. The van der Waals surface area contributed by atoms with Crippen LogP contribution in [0.5, 0.6) is 0 Å². The van der Waals surface area contributed by atoms with Crippen molar-refractivity contribution >= 4 is 23.6 Å². The zero-order chi connectivity index (χ0) is 12.6. The van der Waals surface area contributed by atoms with E-state index in [2.05, 4.69) is 16.6 Å². The molecule has 1 amide bonds. The van der Waals surface area contributed by atoms with Crippen LogP contribution >= 0.6 is 11.8 Å². The second-order valence-electron chi connectivity index (χ2n) is 3.14. The molecule has 2 atom stereocenters. The van der Waals surface area contributed by atoms with Gasteiger partial charge in [-0.3, -0.25) is 9.59 Å². The maximum absolute atomic E-state index is 11.4. The van der Waals surface area contributed by atoms with Crippen molar-refractivity contribution in [1.29, 1.82) is 0 Å². The predicted molar refractivity (Wildman–Crippen MR) is 65.1 cm³/mol. The normalized spacial score (nSPS) is 13.7. The zero-order valence-electron chi connectivity index (χ0n) is 9.56. The Kier molecular flexibility index (Phi) is 7.66. The number of carbonyl (C=O) groups is 2. The van der Waals surface area contributed by atoms with Crippen LogP contribution in [0.4, 0.5) is 0 Å². The van der Waals surface area contributed by atoms with Gasteiger partial charge in [0, 0.05) is 12.3 Å².